The van der Waals surface area contributed by atoms with Crippen LogP contribution in [0.5, 0.6) is 0 Å². The summed E-state index contributed by atoms with van der Waals surface area (Å²) in [6.07, 6.45) is 8.20. The van der Waals surface area contributed by atoms with Gasteiger partial charge in [-0.05, 0) is 61.9 Å². The molecule has 33 heavy (non-hydrogen) atoms. The van der Waals surface area contributed by atoms with Crippen LogP contribution < -0.4 is 10.9 Å². The standard InChI is InChI=1S/C23H26N4O4S2/c28-20(14-26-15-24-22-21(23(26)29)18-6-5-7-19(18)32-22)25-16-8-10-17(11-9-16)33(30,31)27-12-3-1-2-4-13-27/h8-11,15H,1-7,12-14H2,(H,25,28). The summed E-state index contributed by atoms with van der Waals surface area (Å²) in [6.45, 7) is 0.933. The van der Waals surface area contributed by atoms with Gasteiger partial charge >= 0.3 is 0 Å². The van der Waals surface area contributed by atoms with E-state index < -0.39 is 10.0 Å². The molecule has 174 valence electrons. The molecular formula is C23H26N4O4S2. The lowest BCUT2D eigenvalue weighted by Gasteiger charge is -2.20. The smallest absolute Gasteiger partial charge is 0.262 e. The number of fused-ring (bicyclic) bond motifs is 3. The zero-order valence-electron chi connectivity index (χ0n) is 18.2. The molecule has 0 radical (unpaired) electrons. The van der Waals surface area contributed by atoms with Crippen molar-refractivity contribution in [3.8, 4) is 0 Å². The molecule has 0 spiro atoms. The number of aryl methyl sites for hydroxylation is 2. The van der Waals surface area contributed by atoms with E-state index in [1.165, 1.54) is 27.9 Å². The molecule has 0 atom stereocenters. The van der Waals surface area contributed by atoms with E-state index in [2.05, 4.69) is 10.3 Å². The van der Waals surface area contributed by atoms with Crippen molar-refractivity contribution in [2.45, 2.75) is 56.4 Å². The first-order valence-electron chi connectivity index (χ1n) is 11.3. The Balaban J connectivity index is 1.29. The fraction of sp³-hybridized carbons (Fsp3) is 0.435. The summed E-state index contributed by atoms with van der Waals surface area (Å²) in [7, 11) is -3.54. The number of sulfonamides is 1. The summed E-state index contributed by atoms with van der Waals surface area (Å²) >= 11 is 1.57. The van der Waals surface area contributed by atoms with Gasteiger partial charge in [0.2, 0.25) is 15.9 Å². The quantitative estimate of drug-likeness (QED) is 0.597. The van der Waals surface area contributed by atoms with Crippen molar-refractivity contribution in [1.29, 1.82) is 0 Å². The van der Waals surface area contributed by atoms with E-state index in [0.29, 0.717) is 24.2 Å². The van der Waals surface area contributed by atoms with Crippen molar-refractivity contribution < 1.29 is 13.2 Å². The van der Waals surface area contributed by atoms with Crippen LogP contribution in [0.25, 0.3) is 10.2 Å². The third-order valence-corrected chi connectivity index (χ3v) is 9.46. The molecule has 1 aliphatic carbocycles. The SMILES string of the molecule is O=C(Cn1cnc2sc3c(c2c1=O)CCC3)Nc1ccc(S(=O)(=O)N2CCCCCC2)cc1. The van der Waals surface area contributed by atoms with Crippen LogP contribution in [0.15, 0.2) is 40.3 Å². The van der Waals surface area contributed by atoms with Crippen molar-refractivity contribution in [3.63, 3.8) is 0 Å². The highest BCUT2D eigenvalue weighted by Gasteiger charge is 2.25. The minimum Gasteiger partial charge on any atom is -0.325 e. The second-order valence-electron chi connectivity index (χ2n) is 8.61. The average Bonchev–Trinajstić information content (AvgIpc) is 3.26. The molecule has 10 heteroatoms. The fourth-order valence-electron chi connectivity index (χ4n) is 4.63. The Kier molecular flexibility index (Phi) is 6.07. The molecule has 0 unspecified atom stereocenters. The molecule has 0 saturated carbocycles. The van der Waals surface area contributed by atoms with Gasteiger partial charge in [0.25, 0.3) is 5.56 Å². The van der Waals surface area contributed by atoms with Gasteiger partial charge in [-0.1, -0.05) is 12.8 Å². The van der Waals surface area contributed by atoms with Gasteiger partial charge in [-0.25, -0.2) is 13.4 Å². The summed E-state index contributed by atoms with van der Waals surface area (Å²) < 4.78 is 28.7. The Morgan fingerprint density at radius 3 is 2.48 bits per heavy atom. The average molecular weight is 487 g/mol. The van der Waals surface area contributed by atoms with Crippen LogP contribution >= 0.6 is 11.3 Å². The van der Waals surface area contributed by atoms with Crippen molar-refractivity contribution >= 4 is 43.2 Å². The van der Waals surface area contributed by atoms with Gasteiger partial charge in [-0.15, -0.1) is 11.3 Å². The predicted octanol–water partition coefficient (Wildman–Crippen LogP) is 3.15. The number of hydrogen-bond donors (Lipinski definition) is 1. The van der Waals surface area contributed by atoms with Gasteiger partial charge in [0.1, 0.15) is 11.4 Å². The minimum atomic E-state index is -3.54. The number of benzene rings is 1. The molecule has 1 N–H and O–H groups in total. The molecule has 8 nitrogen and oxygen atoms in total. The number of rotatable bonds is 5. The molecule has 1 saturated heterocycles. The van der Waals surface area contributed by atoms with Crippen LogP contribution in [0.4, 0.5) is 5.69 Å². The molecule has 1 aromatic carbocycles. The Morgan fingerprint density at radius 1 is 1.03 bits per heavy atom. The van der Waals surface area contributed by atoms with Crippen LogP contribution in [0.3, 0.4) is 0 Å². The van der Waals surface area contributed by atoms with Gasteiger partial charge in [0.05, 0.1) is 16.6 Å². The van der Waals surface area contributed by atoms with E-state index in [1.807, 2.05) is 0 Å². The predicted molar refractivity (Wildman–Crippen MR) is 128 cm³/mol. The van der Waals surface area contributed by atoms with Crippen LogP contribution in [0, 0.1) is 0 Å². The number of aromatic nitrogens is 2. The number of carbonyl (C=O) groups is 1. The summed E-state index contributed by atoms with van der Waals surface area (Å²) in [6, 6.07) is 6.20. The fourth-order valence-corrected chi connectivity index (χ4v) is 7.37. The number of amides is 1. The third kappa shape index (κ3) is 4.34. The lowest BCUT2D eigenvalue weighted by Crippen LogP contribution is -2.32. The first kappa shape index (κ1) is 22.2. The van der Waals surface area contributed by atoms with Gasteiger partial charge in [-0.2, -0.15) is 4.31 Å². The molecule has 0 bridgehead atoms. The number of hydrogen-bond acceptors (Lipinski definition) is 6. The van der Waals surface area contributed by atoms with Gasteiger partial charge in [-0.3, -0.25) is 14.2 Å². The molecule has 3 heterocycles. The summed E-state index contributed by atoms with van der Waals surface area (Å²) in [5, 5.41) is 3.39. The van der Waals surface area contributed by atoms with Crippen LogP contribution in [-0.4, -0.2) is 41.3 Å². The number of thiophene rings is 1. The second kappa shape index (κ2) is 9.00. The lowest BCUT2D eigenvalue weighted by molar-refractivity contribution is -0.116. The van der Waals surface area contributed by atoms with E-state index in [0.717, 1.165) is 55.3 Å². The Hall–Kier alpha value is -2.56. The Morgan fingerprint density at radius 2 is 1.76 bits per heavy atom. The Labute approximate surface area is 196 Å². The van der Waals surface area contributed by atoms with Crippen molar-refractivity contribution in [2.24, 2.45) is 0 Å². The van der Waals surface area contributed by atoms with E-state index in [9.17, 15) is 18.0 Å². The first-order valence-corrected chi connectivity index (χ1v) is 13.6. The van der Waals surface area contributed by atoms with Crippen LogP contribution in [0.2, 0.25) is 0 Å². The molecule has 3 aromatic rings. The first-order chi connectivity index (χ1) is 15.9. The third-order valence-electron chi connectivity index (χ3n) is 6.35. The molecule has 1 amide bonds. The lowest BCUT2D eigenvalue weighted by atomic mass is 10.2. The maximum Gasteiger partial charge on any atom is 0.262 e. The molecule has 2 aliphatic rings. The van der Waals surface area contributed by atoms with Gasteiger partial charge in [0.15, 0.2) is 0 Å². The summed E-state index contributed by atoms with van der Waals surface area (Å²) in [5.41, 5.74) is 1.38. The van der Waals surface area contributed by atoms with E-state index >= 15 is 0 Å². The normalized spacial score (nSPS) is 17.1. The molecule has 1 fully saturated rings. The molecule has 2 aromatic heterocycles. The van der Waals surface area contributed by atoms with E-state index in [1.54, 1.807) is 27.8 Å². The van der Waals surface area contributed by atoms with Crippen LogP contribution in [0.1, 0.15) is 42.5 Å². The van der Waals surface area contributed by atoms with Crippen molar-refractivity contribution in [3.05, 3.63) is 51.4 Å². The van der Waals surface area contributed by atoms with E-state index in [4.69, 9.17) is 0 Å². The van der Waals surface area contributed by atoms with Crippen molar-refractivity contribution in [1.82, 2.24) is 13.9 Å². The highest BCUT2D eigenvalue weighted by atomic mass is 32.2. The zero-order chi connectivity index (χ0) is 23.0. The largest absolute Gasteiger partial charge is 0.325 e. The zero-order valence-corrected chi connectivity index (χ0v) is 19.9. The monoisotopic (exact) mass is 486 g/mol. The number of carbonyl (C=O) groups excluding carboxylic acids is 1. The van der Waals surface area contributed by atoms with Crippen LogP contribution in [-0.2, 0) is 34.2 Å². The Bertz CT molecular complexity index is 1350. The number of anilines is 1. The topological polar surface area (TPSA) is 101 Å². The highest BCUT2D eigenvalue weighted by molar-refractivity contribution is 7.89. The number of nitrogens with zero attached hydrogens (tertiary/aromatic N) is 3. The maximum absolute atomic E-state index is 12.9. The minimum absolute atomic E-state index is 0.153. The van der Waals surface area contributed by atoms with Gasteiger partial charge in [0, 0.05) is 23.7 Å². The molecule has 1 aliphatic heterocycles. The second-order valence-corrected chi connectivity index (χ2v) is 11.6. The van der Waals surface area contributed by atoms with E-state index in [-0.39, 0.29) is 22.9 Å². The molecular weight excluding hydrogens is 460 g/mol. The maximum atomic E-state index is 12.9. The highest BCUT2D eigenvalue weighted by Crippen LogP contribution is 2.34. The van der Waals surface area contributed by atoms with Crippen molar-refractivity contribution in [2.75, 3.05) is 18.4 Å². The molecule has 5 rings (SSSR count). The van der Waals surface area contributed by atoms with Gasteiger partial charge < -0.3 is 5.32 Å². The summed E-state index contributed by atoms with van der Waals surface area (Å²) in [4.78, 5) is 32.1. The summed E-state index contributed by atoms with van der Waals surface area (Å²) in [5.74, 6) is -0.367. The number of nitrogens with one attached hydrogen (secondary N) is 1.